The summed E-state index contributed by atoms with van der Waals surface area (Å²) in [5, 5.41) is 4.22. The summed E-state index contributed by atoms with van der Waals surface area (Å²) >= 11 is 0. The summed E-state index contributed by atoms with van der Waals surface area (Å²) in [5.41, 5.74) is 2.67. The van der Waals surface area contributed by atoms with E-state index >= 15 is 0 Å². The van der Waals surface area contributed by atoms with Gasteiger partial charge in [0, 0.05) is 44.4 Å². The highest BCUT2D eigenvalue weighted by Crippen LogP contribution is 2.19. The number of nitrogens with zero attached hydrogens (tertiary/aromatic N) is 6. The topological polar surface area (TPSA) is 102 Å². The van der Waals surface area contributed by atoms with Crippen LogP contribution < -0.4 is 4.74 Å². The molecule has 1 saturated heterocycles. The molecule has 184 valence electrons. The number of methoxy groups -OCH3 is 1. The second-order valence-corrected chi connectivity index (χ2v) is 8.55. The van der Waals surface area contributed by atoms with Crippen molar-refractivity contribution in [2.75, 3.05) is 26.7 Å². The molecule has 36 heavy (non-hydrogen) atoms. The number of aromatic nitrogens is 4. The smallest absolute Gasteiger partial charge is 0.259 e. The van der Waals surface area contributed by atoms with Gasteiger partial charge in [-0.2, -0.15) is 5.10 Å². The van der Waals surface area contributed by atoms with Gasteiger partial charge < -0.3 is 19.3 Å². The number of carbonyl (C=O) groups is 2. The Morgan fingerprint density at radius 3 is 2.69 bits per heavy atom. The van der Waals surface area contributed by atoms with E-state index in [9.17, 15) is 9.59 Å². The summed E-state index contributed by atoms with van der Waals surface area (Å²) in [5.74, 6) is 0.284. The molecule has 0 spiro atoms. The van der Waals surface area contributed by atoms with Crippen molar-refractivity contribution in [3.05, 3.63) is 90.1 Å². The second-order valence-electron chi connectivity index (χ2n) is 8.55. The van der Waals surface area contributed by atoms with Crippen molar-refractivity contribution in [3.63, 3.8) is 0 Å². The number of rotatable bonds is 7. The number of hydrogen-bond acceptors (Lipinski definition) is 7. The minimum atomic E-state index is -0.395. The number of pyridine rings is 1. The fourth-order valence-corrected chi connectivity index (χ4v) is 4.19. The normalized spacial score (nSPS) is 16.2. The van der Waals surface area contributed by atoms with E-state index in [2.05, 4.69) is 15.1 Å². The van der Waals surface area contributed by atoms with Crippen LogP contribution >= 0.6 is 0 Å². The van der Waals surface area contributed by atoms with Crippen molar-refractivity contribution in [2.45, 2.75) is 19.3 Å². The lowest BCUT2D eigenvalue weighted by Gasteiger charge is -2.25. The average molecular weight is 487 g/mol. The molecule has 0 N–H and O–H groups in total. The van der Waals surface area contributed by atoms with Gasteiger partial charge >= 0.3 is 0 Å². The predicted octanol–water partition coefficient (Wildman–Crippen LogP) is 2.20. The first-order valence-electron chi connectivity index (χ1n) is 11.6. The van der Waals surface area contributed by atoms with Gasteiger partial charge in [0.15, 0.2) is 5.65 Å². The number of ether oxygens (including phenoxy) is 2. The zero-order valence-electron chi connectivity index (χ0n) is 19.9. The van der Waals surface area contributed by atoms with Crippen LogP contribution in [-0.4, -0.2) is 74.0 Å². The summed E-state index contributed by atoms with van der Waals surface area (Å²) in [7, 11) is 1.61. The number of benzene rings is 1. The molecule has 10 heteroatoms. The van der Waals surface area contributed by atoms with E-state index in [-0.39, 0.29) is 24.9 Å². The predicted molar refractivity (Wildman–Crippen MR) is 130 cm³/mol. The van der Waals surface area contributed by atoms with Gasteiger partial charge in [0.1, 0.15) is 17.9 Å². The number of carbonyl (C=O) groups excluding carboxylic acids is 2. The molecule has 0 saturated carbocycles. The van der Waals surface area contributed by atoms with Crippen molar-refractivity contribution in [1.29, 1.82) is 0 Å². The molecule has 1 atom stereocenters. The zero-order valence-corrected chi connectivity index (χ0v) is 19.9. The van der Waals surface area contributed by atoms with Gasteiger partial charge in [0.05, 0.1) is 26.0 Å². The molecule has 10 nitrogen and oxygen atoms in total. The molecule has 1 fully saturated rings. The highest BCUT2D eigenvalue weighted by Gasteiger charge is 2.32. The van der Waals surface area contributed by atoms with Gasteiger partial charge in [-0.15, -0.1) is 0 Å². The van der Waals surface area contributed by atoms with Crippen LogP contribution in [0, 0.1) is 0 Å². The number of fused-ring (bicyclic) bond motifs is 1. The lowest BCUT2D eigenvalue weighted by Crippen LogP contribution is -2.39. The SMILES string of the molecule is COc1ccc(CN2C[C@@H](OCc3cccnc3)CN(C(=O)c3cnn4cccnc34)CC2=O)cc1. The zero-order chi connectivity index (χ0) is 24.9. The van der Waals surface area contributed by atoms with Gasteiger partial charge in [0.2, 0.25) is 5.91 Å². The highest BCUT2D eigenvalue weighted by atomic mass is 16.5. The quantitative estimate of drug-likeness (QED) is 0.395. The molecule has 0 bridgehead atoms. The van der Waals surface area contributed by atoms with E-state index in [1.165, 1.54) is 11.1 Å². The van der Waals surface area contributed by atoms with E-state index in [1.807, 2.05) is 36.4 Å². The van der Waals surface area contributed by atoms with E-state index in [1.54, 1.807) is 47.4 Å². The van der Waals surface area contributed by atoms with Crippen molar-refractivity contribution in [3.8, 4) is 5.75 Å². The third kappa shape index (κ3) is 5.18. The molecule has 0 aliphatic carbocycles. The summed E-state index contributed by atoms with van der Waals surface area (Å²) in [6.07, 6.45) is 7.87. The first-order chi connectivity index (χ1) is 17.6. The third-order valence-corrected chi connectivity index (χ3v) is 6.06. The van der Waals surface area contributed by atoms with Gasteiger partial charge in [-0.25, -0.2) is 9.50 Å². The van der Waals surface area contributed by atoms with Crippen LogP contribution in [0.25, 0.3) is 5.65 Å². The third-order valence-electron chi connectivity index (χ3n) is 6.06. The fourth-order valence-electron chi connectivity index (χ4n) is 4.19. The lowest BCUT2D eigenvalue weighted by atomic mass is 10.2. The van der Waals surface area contributed by atoms with Crippen molar-refractivity contribution in [1.82, 2.24) is 29.4 Å². The minimum absolute atomic E-state index is 0.0636. The Labute approximate surface area is 208 Å². The Morgan fingerprint density at radius 2 is 1.92 bits per heavy atom. The Kier molecular flexibility index (Phi) is 6.85. The largest absolute Gasteiger partial charge is 0.497 e. The molecule has 1 aliphatic rings. The minimum Gasteiger partial charge on any atom is -0.497 e. The van der Waals surface area contributed by atoms with Crippen LogP contribution in [-0.2, 0) is 22.7 Å². The molecule has 4 aromatic rings. The monoisotopic (exact) mass is 486 g/mol. The van der Waals surface area contributed by atoms with Crippen LogP contribution in [0.3, 0.4) is 0 Å². The number of amides is 2. The molecular formula is C26H26N6O4. The maximum absolute atomic E-state index is 13.5. The van der Waals surface area contributed by atoms with Gasteiger partial charge in [-0.05, 0) is 35.4 Å². The highest BCUT2D eigenvalue weighted by molar-refractivity contribution is 6.01. The lowest BCUT2D eigenvalue weighted by molar-refractivity contribution is -0.132. The maximum Gasteiger partial charge on any atom is 0.259 e. The standard InChI is InChI=1S/C26H26N6O4/c1-35-21-7-5-19(6-8-21)14-30-15-22(36-18-20-4-2-9-27-12-20)16-31(17-24(30)33)26(34)23-13-29-32-11-3-10-28-25(23)32/h2-13,22H,14-18H2,1H3/t22-/m1/s1. The van der Waals surface area contributed by atoms with Gasteiger partial charge in [-0.3, -0.25) is 14.6 Å². The molecule has 5 rings (SSSR count). The Hall–Kier alpha value is -4.31. The van der Waals surface area contributed by atoms with Crippen LogP contribution in [0.4, 0.5) is 0 Å². The summed E-state index contributed by atoms with van der Waals surface area (Å²) in [4.78, 5) is 38.5. The molecule has 3 aromatic heterocycles. The van der Waals surface area contributed by atoms with Gasteiger partial charge in [-0.1, -0.05) is 18.2 Å². The maximum atomic E-state index is 13.5. The van der Waals surface area contributed by atoms with Crippen molar-refractivity contribution in [2.24, 2.45) is 0 Å². The van der Waals surface area contributed by atoms with E-state index in [0.29, 0.717) is 30.9 Å². The van der Waals surface area contributed by atoms with E-state index in [4.69, 9.17) is 9.47 Å². The average Bonchev–Trinajstić information content (AvgIpc) is 3.28. The van der Waals surface area contributed by atoms with Crippen LogP contribution in [0.5, 0.6) is 5.75 Å². The summed E-state index contributed by atoms with van der Waals surface area (Å²) < 4.78 is 13.0. The first kappa shape index (κ1) is 23.4. The Morgan fingerprint density at radius 1 is 1.06 bits per heavy atom. The molecule has 2 amide bonds. The number of hydrogen-bond donors (Lipinski definition) is 0. The van der Waals surface area contributed by atoms with Crippen molar-refractivity contribution >= 4 is 17.5 Å². The van der Waals surface area contributed by atoms with Crippen LogP contribution in [0.1, 0.15) is 21.5 Å². The summed E-state index contributed by atoms with van der Waals surface area (Å²) in [6.45, 7) is 1.27. The summed E-state index contributed by atoms with van der Waals surface area (Å²) in [6, 6.07) is 13.1. The fraction of sp³-hybridized carbons (Fsp3) is 0.269. The molecule has 1 aromatic carbocycles. The molecule has 4 heterocycles. The van der Waals surface area contributed by atoms with E-state index in [0.717, 1.165) is 16.9 Å². The molecule has 0 unspecified atom stereocenters. The Bertz CT molecular complexity index is 1340. The molecule has 0 radical (unpaired) electrons. The van der Waals surface area contributed by atoms with Crippen LogP contribution in [0.15, 0.2) is 73.4 Å². The van der Waals surface area contributed by atoms with E-state index < -0.39 is 6.10 Å². The van der Waals surface area contributed by atoms with Crippen LogP contribution in [0.2, 0.25) is 0 Å². The Balaban J connectivity index is 1.38. The molecule has 1 aliphatic heterocycles. The first-order valence-corrected chi connectivity index (χ1v) is 11.6. The second kappa shape index (κ2) is 10.5. The van der Waals surface area contributed by atoms with Gasteiger partial charge in [0.25, 0.3) is 5.91 Å². The molecular weight excluding hydrogens is 460 g/mol. The van der Waals surface area contributed by atoms with Crippen molar-refractivity contribution < 1.29 is 19.1 Å².